The summed E-state index contributed by atoms with van der Waals surface area (Å²) >= 11 is 0. The standard InChI is InChI=1S/C13H16FNO/c1-4-8-5-6-10(14)9-7-11(16)13(2,3)15-12(8)9/h5-6,15H,4,7H2,1-3H3. The van der Waals surface area contributed by atoms with Crippen LogP contribution in [0.15, 0.2) is 12.1 Å². The maximum Gasteiger partial charge on any atom is 0.162 e. The molecular formula is C13H16FNO. The van der Waals surface area contributed by atoms with Gasteiger partial charge >= 0.3 is 0 Å². The second-order valence-electron chi connectivity index (χ2n) is 4.76. The molecule has 0 atom stereocenters. The van der Waals surface area contributed by atoms with Crippen molar-refractivity contribution in [3.8, 4) is 0 Å². The number of rotatable bonds is 1. The lowest BCUT2D eigenvalue weighted by atomic mass is 9.86. The first-order valence-corrected chi connectivity index (χ1v) is 5.57. The molecule has 0 saturated carbocycles. The van der Waals surface area contributed by atoms with Crippen LogP contribution >= 0.6 is 0 Å². The Bertz CT molecular complexity index is 451. The van der Waals surface area contributed by atoms with Crippen LogP contribution in [0, 0.1) is 5.82 Å². The largest absolute Gasteiger partial charge is 0.373 e. The van der Waals surface area contributed by atoms with Gasteiger partial charge in [0.05, 0.1) is 5.54 Å². The molecule has 86 valence electrons. The molecule has 1 aromatic carbocycles. The number of carbonyl (C=O) groups is 1. The van der Waals surface area contributed by atoms with Crippen molar-refractivity contribution in [2.45, 2.75) is 39.2 Å². The number of fused-ring (bicyclic) bond motifs is 1. The lowest BCUT2D eigenvalue weighted by Gasteiger charge is -2.33. The quantitative estimate of drug-likeness (QED) is 0.790. The third-order valence-electron chi connectivity index (χ3n) is 3.19. The van der Waals surface area contributed by atoms with Crippen LogP contribution < -0.4 is 5.32 Å². The van der Waals surface area contributed by atoms with E-state index in [1.807, 2.05) is 20.8 Å². The molecule has 1 aliphatic heterocycles. The van der Waals surface area contributed by atoms with Crippen molar-refractivity contribution in [1.29, 1.82) is 0 Å². The summed E-state index contributed by atoms with van der Waals surface area (Å²) in [7, 11) is 0. The second kappa shape index (κ2) is 3.58. The summed E-state index contributed by atoms with van der Waals surface area (Å²) < 4.78 is 13.6. The van der Waals surface area contributed by atoms with E-state index in [4.69, 9.17) is 0 Å². The summed E-state index contributed by atoms with van der Waals surface area (Å²) in [6, 6.07) is 3.23. The minimum absolute atomic E-state index is 0.0344. The van der Waals surface area contributed by atoms with E-state index >= 15 is 0 Å². The minimum atomic E-state index is -0.593. The monoisotopic (exact) mass is 221 g/mol. The molecule has 0 fully saturated rings. The molecule has 0 spiro atoms. The van der Waals surface area contributed by atoms with Crippen molar-refractivity contribution in [3.05, 3.63) is 29.1 Å². The number of hydrogen-bond donors (Lipinski definition) is 1. The number of carbonyl (C=O) groups excluding carboxylic acids is 1. The molecule has 1 heterocycles. The van der Waals surface area contributed by atoms with Gasteiger partial charge in [-0.3, -0.25) is 4.79 Å². The van der Waals surface area contributed by atoms with E-state index in [0.717, 1.165) is 17.7 Å². The first kappa shape index (κ1) is 11.1. The van der Waals surface area contributed by atoms with Crippen molar-refractivity contribution in [2.24, 2.45) is 0 Å². The number of Topliss-reactive ketones (excluding diaryl/α,β-unsaturated/α-hetero) is 1. The normalized spacial score (nSPS) is 17.9. The topological polar surface area (TPSA) is 29.1 Å². The van der Waals surface area contributed by atoms with E-state index in [9.17, 15) is 9.18 Å². The molecule has 3 heteroatoms. The molecule has 2 nitrogen and oxygen atoms in total. The number of ketones is 1. The highest BCUT2D eigenvalue weighted by molar-refractivity contribution is 5.96. The van der Waals surface area contributed by atoms with Crippen LogP contribution in [-0.4, -0.2) is 11.3 Å². The van der Waals surface area contributed by atoms with Crippen LogP contribution in [-0.2, 0) is 17.6 Å². The Morgan fingerprint density at radius 2 is 2.12 bits per heavy atom. The van der Waals surface area contributed by atoms with Crippen LogP contribution in [0.25, 0.3) is 0 Å². The average Bonchev–Trinajstić information content (AvgIpc) is 2.21. The summed E-state index contributed by atoms with van der Waals surface area (Å²) in [6.07, 6.45) is 1.02. The van der Waals surface area contributed by atoms with E-state index in [0.29, 0.717) is 5.56 Å². The molecule has 1 aromatic rings. The molecule has 0 radical (unpaired) electrons. The third-order valence-corrected chi connectivity index (χ3v) is 3.19. The summed E-state index contributed by atoms with van der Waals surface area (Å²) in [5, 5.41) is 3.16. The first-order chi connectivity index (χ1) is 7.45. The zero-order valence-corrected chi connectivity index (χ0v) is 9.86. The molecular weight excluding hydrogens is 205 g/mol. The van der Waals surface area contributed by atoms with Crippen LogP contribution in [0.1, 0.15) is 31.9 Å². The highest BCUT2D eigenvalue weighted by Gasteiger charge is 2.34. The fourth-order valence-corrected chi connectivity index (χ4v) is 2.06. The molecule has 0 saturated heterocycles. The summed E-state index contributed by atoms with van der Waals surface area (Å²) in [4.78, 5) is 11.8. The fourth-order valence-electron chi connectivity index (χ4n) is 2.06. The van der Waals surface area contributed by atoms with Gasteiger partial charge in [0.25, 0.3) is 0 Å². The fraction of sp³-hybridized carbons (Fsp3) is 0.462. The second-order valence-corrected chi connectivity index (χ2v) is 4.76. The Hall–Kier alpha value is -1.38. The van der Waals surface area contributed by atoms with Crippen molar-refractivity contribution in [1.82, 2.24) is 0 Å². The van der Waals surface area contributed by atoms with E-state index in [1.54, 1.807) is 6.07 Å². The van der Waals surface area contributed by atoms with E-state index in [2.05, 4.69) is 5.32 Å². The summed E-state index contributed by atoms with van der Waals surface area (Å²) in [5.41, 5.74) is 1.80. The van der Waals surface area contributed by atoms with Gasteiger partial charge in [0, 0.05) is 17.7 Å². The average molecular weight is 221 g/mol. The Morgan fingerprint density at radius 1 is 1.44 bits per heavy atom. The smallest absolute Gasteiger partial charge is 0.162 e. The van der Waals surface area contributed by atoms with Gasteiger partial charge in [-0.25, -0.2) is 4.39 Å². The van der Waals surface area contributed by atoms with Gasteiger partial charge in [0.1, 0.15) is 5.82 Å². The van der Waals surface area contributed by atoms with E-state index < -0.39 is 5.54 Å². The number of hydrogen-bond acceptors (Lipinski definition) is 2. The van der Waals surface area contributed by atoms with Crippen molar-refractivity contribution in [2.75, 3.05) is 5.32 Å². The van der Waals surface area contributed by atoms with Gasteiger partial charge in [-0.15, -0.1) is 0 Å². The Labute approximate surface area is 94.9 Å². The highest BCUT2D eigenvalue weighted by atomic mass is 19.1. The molecule has 0 unspecified atom stereocenters. The maximum atomic E-state index is 13.6. The zero-order chi connectivity index (χ0) is 11.9. The summed E-state index contributed by atoms with van der Waals surface area (Å²) in [5.74, 6) is -0.254. The Morgan fingerprint density at radius 3 is 2.75 bits per heavy atom. The number of anilines is 1. The molecule has 1 aliphatic rings. The molecule has 0 aliphatic carbocycles. The minimum Gasteiger partial charge on any atom is -0.373 e. The number of aryl methyl sites for hydroxylation is 1. The SMILES string of the molecule is CCc1ccc(F)c2c1NC(C)(C)C(=O)C2. The van der Waals surface area contributed by atoms with Crippen molar-refractivity contribution < 1.29 is 9.18 Å². The van der Waals surface area contributed by atoms with Crippen LogP contribution in [0.3, 0.4) is 0 Å². The predicted octanol–water partition coefficient (Wildman–Crippen LogP) is 2.70. The van der Waals surface area contributed by atoms with Crippen molar-refractivity contribution >= 4 is 11.5 Å². The van der Waals surface area contributed by atoms with Gasteiger partial charge < -0.3 is 5.32 Å². The van der Waals surface area contributed by atoms with Gasteiger partial charge in [-0.1, -0.05) is 13.0 Å². The van der Waals surface area contributed by atoms with Gasteiger partial charge in [-0.05, 0) is 31.9 Å². The molecule has 2 rings (SSSR count). The third kappa shape index (κ3) is 1.60. The van der Waals surface area contributed by atoms with E-state index in [1.165, 1.54) is 6.07 Å². The van der Waals surface area contributed by atoms with Gasteiger partial charge in [-0.2, -0.15) is 0 Å². The molecule has 0 bridgehead atoms. The van der Waals surface area contributed by atoms with Crippen molar-refractivity contribution in [3.63, 3.8) is 0 Å². The van der Waals surface area contributed by atoms with E-state index in [-0.39, 0.29) is 18.0 Å². The molecule has 0 aromatic heterocycles. The first-order valence-electron chi connectivity index (χ1n) is 5.57. The highest BCUT2D eigenvalue weighted by Crippen LogP contribution is 2.33. The molecule has 0 amide bonds. The number of nitrogens with one attached hydrogen (secondary N) is 1. The predicted molar refractivity (Wildman–Crippen MR) is 62.2 cm³/mol. The Balaban J connectivity index is 2.58. The number of halogens is 1. The van der Waals surface area contributed by atoms with Crippen LogP contribution in [0.2, 0.25) is 0 Å². The van der Waals surface area contributed by atoms with Gasteiger partial charge in [0.15, 0.2) is 5.78 Å². The number of benzene rings is 1. The van der Waals surface area contributed by atoms with Crippen LogP contribution in [0.4, 0.5) is 10.1 Å². The maximum absolute atomic E-state index is 13.6. The Kier molecular flexibility index (Phi) is 2.49. The zero-order valence-electron chi connectivity index (χ0n) is 9.86. The summed E-state index contributed by atoms with van der Waals surface area (Å²) in [6.45, 7) is 5.70. The lowest BCUT2D eigenvalue weighted by Crippen LogP contribution is -2.45. The molecule has 16 heavy (non-hydrogen) atoms. The lowest BCUT2D eigenvalue weighted by molar-refractivity contribution is -0.122. The van der Waals surface area contributed by atoms with Gasteiger partial charge in [0.2, 0.25) is 0 Å². The molecule has 1 N–H and O–H groups in total. The van der Waals surface area contributed by atoms with Crippen LogP contribution in [0.5, 0.6) is 0 Å².